The second-order valence-electron chi connectivity index (χ2n) is 8.51. The molecule has 1 aromatic heterocycles. The van der Waals surface area contributed by atoms with Crippen molar-refractivity contribution in [3.05, 3.63) is 54.1 Å². The summed E-state index contributed by atoms with van der Waals surface area (Å²) >= 11 is 1.49. The van der Waals surface area contributed by atoms with Crippen molar-refractivity contribution in [1.29, 1.82) is 0 Å². The minimum atomic E-state index is -3.59. The highest BCUT2D eigenvalue weighted by atomic mass is 32.2. The van der Waals surface area contributed by atoms with Gasteiger partial charge in [-0.3, -0.25) is 9.69 Å². The number of thiazole rings is 1. The molecule has 34 heavy (non-hydrogen) atoms. The summed E-state index contributed by atoms with van der Waals surface area (Å²) < 4.78 is 28.7. The first-order valence-electron chi connectivity index (χ1n) is 11.7. The van der Waals surface area contributed by atoms with Gasteiger partial charge in [0.15, 0.2) is 5.13 Å². The van der Waals surface area contributed by atoms with Crippen molar-refractivity contribution in [2.45, 2.75) is 38.0 Å². The Labute approximate surface area is 207 Å². The van der Waals surface area contributed by atoms with Crippen LogP contribution in [0.2, 0.25) is 0 Å². The van der Waals surface area contributed by atoms with E-state index in [1.165, 1.54) is 27.8 Å². The molecule has 1 amide bonds. The highest BCUT2D eigenvalue weighted by Crippen LogP contribution is 2.30. The van der Waals surface area contributed by atoms with Crippen LogP contribution in [0, 0.1) is 0 Å². The van der Waals surface area contributed by atoms with E-state index in [-0.39, 0.29) is 10.8 Å². The Bertz CT molecular complexity index is 1150. The zero-order valence-corrected chi connectivity index (χ0v) is 22.0. The molecule has 0 atom stereocenters. The number of carbonyl (C=O) groups excluding carboxylic acids is 1. The van der Waals surface area contributed by atoms with Gasteiger partial charge in [-0.05, 0) is 76.3 Å². The summed E-state index contributed by atoms with van der Waals surface area (Å²) in [4.78, 5) is 22.2. The molecule has 0 N–H and O–H groups in total. The molecule has 0 saturated heterocycles. The summed E-state index contributed by atoms with van der Waals surface area (Å²) in [7, 11) is 0.418. The van der Waals surface area contributed by atoms with Gasteiger partial charge in [0.1, 0.15) is 0 Å². The van der Waals surface area contributed by atoms with Crippen LogP contribution in [0.4, 0.5) is 5.13 Å². The van der Waals surface area contributed by atoms with Gasteiger partial charge in [0.05, 0.1) is 15.1 Å². The number of rotatable bonds is 12. The van der Waals surface area contributed by atoms with Crippen molar-refractivity contribution < 1.29 is 13.2 Å². The van der Waals surface area contributed by atoms with Crippen molar-refractivity contribution >= 4 is 42.6 Å². The van der Waals surface area contributed by atoms with Gasteiger partial charge in [-0.2, -0.15) is 4.31 Å². The molecular weight excluding hydrogens is 468 g/mol. The molecule has 0 saturated carbocycles. The van der Waals surface area contributed by atoms with Crippen LogP contribution in [0.25, 0.3) is 10.2 Å². The molecule has 0 aliphatic carbocycles. The summed E-state index contributed by atoms with van der Waals surface area (Å²) in [6.07, 6.45) is 2.30. The summed E-state index contributed by atoms with van der Waals surface area (Å²) in [5, 5.41) is 0.652. The molecule has 0 aliphatic heterocycles. The van der Waals surface area contributed by atoms with E-state index in [9.17, 15) is 13.2 Å². The van der Waals surface area contributed by atoms with Gasteiger partial charge in [0.2, 0.25) is 10.0 Å². The van der Waals surface area contributed by atoms with Gasteiger partial charge >= 0.3 is 0 Å². The largest absolute Gasteiger partial charge is 0.309 e. The predicted octanol–water partition coefficient (Wildman–Crippen LogP) is 4.71. The molecule has 1 heterocycles. The standard InChI is InChI=1S/C25H34N4O3S2/c1-5-16-28(17-6-2)34(31,32)21-14-12-20(13-15-21)24(30)29(19-9-18-27(3)4)25-26-22-10-7-8-11-23(22)33-25/h7-8,10-15H,5-6,9,16-19H2,1-4H3. The fraction of sp³-hybridized carbons (Fsp3) is 0.440. The molecule has 7 nitrogen and oxygen atoms in total. The molecule has 0 radical (unpaired) electrons. The Hall–Kier alpha value is -2.33. The van der Waals surface area contributed by atoms with Crippen molar-refractivity contribution in [2.24, 2.45) is 0 Å². The normalized spacial score (nSPS) is 12.1. The van der Waals surface area contributed by atoms with Gasteiger partial charge in [-0.25, -0.2) is 13.4 Å². The van der Waals surface area contributed by atoms with Gasteiger partial charge in [-0.15, -0.1) is 0 Å². The maximum absolute atomic E-state index is 13.5. The van der Waals surface area contributed by atoms with Crippen molar-refractivity contribution in [3.63, 3.8) is 0 Å². The smallest absolute Gasteiger partial charge is 0.260 e. The lowest BCUT2D eigenvalue weighted by molar-refractivity contribution is 0.0986. The molecule has 184 valence electrons. The fourth-order valence-electron chi connectivity index (χ4n) is 3.73. The average molecular weight is 503 g/mol. The maximum Gasteiger partial charge on any atom is 0.260 e. The maximum atomic E-state index is 13.5. The lowest BCUT2D eigenvalue weighted by Crippen LogP contribution is -2.34. The lowest BCUT2D eigenvalue weighted by atomic mass is 10.2. The van der Waals surface area contributed by atoms with E-state index in [1.54, 1.807) is 17.0 Å². The number of amides is 1. The number of hydrogen-bond donors (Lipinski definition) is 0. The monoisotopic (exact) mass is 502 g/mol. The van der Waals surface area contributed by atoms with Gasteiger partial charge < -0.3 is 4.90 Å². The van der Waals surface area contributed by atoms with Gasteiger partial charge in [0, 0.05) is 25.2 Å². The number of hydrogen-bond acceptors (Lipinski definition) is 6. The number of para-hydroxylation sites is 1. The summed E-state index contributed by atoms with van der Waals surface area (Å²) in [6.45, 7) is 6.26. The zero-order chi connectivity index (χ0) is 24.7. The number of aromatic nitrogens is 1. The Balaban J connectivity index is 1.88. The third-order valence-electron chi connectivity index (χ3n) is 5.43. The summed E-state index contributed by atoms with van der Waals surface area (Å²) in [6, 6.07) is 14.1. The third kappa shape index (κ3) is 6.21. The number of sulfonamides is 1. The molecule has 0 unspecified atom stereocenters. The van der Waals surface area contributed by atoms with Gasteiger partial charge in [0.25, 0.3) is 5.91 Å². The van der Waals surface area contributed by atoms with E-state index in [0.717, 1.165) is 36.0 Å². The molecule has 0 bridgehead atoms. The summed E-state index contributed by atoms with van der Waals surface area (Å²) in [5.74, 6) is -0.180. The fourth-order valence-corrected chi connectivity index (χ4v) is 6.34. The van der Waals surface area contributed by atoms with Crippen molar-refractivity contribution in [3.8, 4) is 0 Å². The second kappa shape index (κ2) is 11.9. The SMILES string of the molecule is CCCN(CCC)S(=O)(=O)c1ccc(C(=O)N(CCCN(C)C)c2nc3ccccc3s2)cc1. The highest BCUT2D eigenvalue weighted by Gasteiger charge is 2.25. The quantitative estimate of drug-likeness (QED) is 0.359. The molecule has 9 heteroatoms. The molecule has 3 rings (SSSR count). The zero-order valence-electron chi connectivity index (χ0n) is 20.4. The Morgan fingerprint density at radius 3 is 2.15 bits per heavy atom. The summed E-state index contributed by atoms with van der Waals surface area (Å²) in [5.41, 5.74) is 1.31. The van der Waals surface area contributed by atoms with E-state index in [4.69, 9.17) is 0 Å². The second-order valence-corrected chi connectivity index (χ2v) is 11.5. The Kier molecular flexibility index (Phi) is 9.18. The Morgan fingerprint density at radius 1 is 0.912 bits per heavy atom. The van der Waals surface area contributed by atoms with E-state index >= 15 is 0 Å². The molecule has 3 aromatic rings. The van der Waals surface area contributed by atoms with Crippen LogP contribution >= 0.6 is 11.3 Å². The first kappa shape index (κ1) is 26.3. The number of anilines is 1. The first-order valence-corrected chi connectivity index (χ1v) is 14.0. The van der Waals surface area contributed by atoms with Crippen molar-refractivity contribution in [2.75, 3.05) is 45.2 Å². The lowest BCUT2D eigenvalue weighted by Gasteiger charge is -2.22. The predicted molar refractivity (Wildman–Crippen MR) is 140 cm³/mol. The minimum absolute atomic E-state index is 0.180. The number of nitrogens with zero attached hydrogens (tertiary/aromatic N) is 4. The molecule has 0 aliphatic rings. The van der Waals surface area contributed by atoms with Crippen LogP contribution in [-0.4, -0.2) is 68.8 Å². The van der Waals surface area contributed by atoms with Crippen LogP contribution < -0.4 is 4.90 Å². The molecule has 0 spiro atoms. The number of benzene rings is 2. The number of fused-ring (bicyclic) bond motifs is 1. The third-order valence-corrected chi connectivity index (χ3v) is 8.40. The van der Waals surface area contributed by atoms with E-state index in [0.29, 0.717) is 30.3 Å². The van der Waals surface area contributed by atoms with E-state index in [1.807, 2.05) is 52.2 Å². The topological polar surface area (TPSA) is 73.8 Å². The highest BCUT2D eigenvalue weighted by molar-refractivity contribution is 7.89. The number of carbonyl (C=O) groups is 1. The minimum Gasteiger partial charge on any atom is -0.309 e. The van der Waals surface area contributed by atoms with Crippen LogP contribution in [0.3, 0.4) is 0 Å². The van der Waals surface area contributed by atoms with E-state index in [2.05, 4.69) is 9.88 Å². The van der Waals surface area contributed by atoms with Crippen LogP contribution in [-0.2, 0) is 10.0 Å². The van der Waals surface area contributed by atoms with Gasteiger partial charge in [-0.1, -0.05) is 37.3 Å². The van der Waals surface area contributed by atoms with Crippen LogP contribution in [0.15, 0.2) is 53.4 Å². The van der Waals surface area contributed by atoms with Crippen LogP contribution in [0.5, 0.6) is 0 Å². The molecular formula is C25H34N4O3S2. The Morgan fingerprint density at radius 2 is 1.56 bits per heavy atom. The van der Waals surface area contributed by atoms with Crippen LogP contribution in [0.1, 0.15) is 43.5 Å². The first-order chi connectivity index (χ1) is 16.3. The van der Waals surface area contributed by atoms with Crippen molar-refractivity contribution in [1.82, 2.24) is 14.2 Å². The molecule has 2 aromatic carbocycles. The van der Waals surface area contributed by atoms with E-state index < -0.39 is 10.0 Å². The average Bonchev–Trinajstić information content (AvgIpc) is 3.25. The molecule has 0 fully saturated rings.